The highest BCUT2D eigenvalue weighted by atomic mass is 32.2. The lowest BCUT2D eigenvalue weighted by Gasteiger charge is -2.35. The predicted octanol–water partition coefficient (Wildman–Crippen LogP) is 8.70. The van der Waals surface area contributed by atoms with Crippen LogP contribution in [0.3, 0.4) is 0 Å². The van der Waals surface area contributed by atoms with Crippen molar-refractivity contribution in [2.45, 2.75) is 11.2 Å². The monoisotopic (exact) mass is 565 g/mol. The van der Waals surface area contributed by atoms with Crippen LogP contribution < -0.4 is 4.74 Å². The van der Waals surface area contributed by atoms with E-state index in [4.69, 9.17) is 9.72 Å². The fourth-order valence-corrected chi connectivity index (χ4v) is 6.60. The van der Waals surface area contributed by atoms with Crippen LogP contribution in [0.5, 0.6) is 5.75 Å². The topological polar surface area (TPSA) is 47.9 Å². The van der Waals surface area contributed by atoms with Crippen molar-refractivity contribution < 1.29 is 4.74 Å². The molecule has 0 atom stereocenters. The molecule has 0 saturated carbocycles. The smallest absolute Gasteiger partial charge is 0.123 e. The summed E-state index contributed by atoms with van der Waals surface area (Å²) in [7, 11) is 0. The minimum atomic E-state index is -0.335. The highest BCUT2D eigenvalue weighted by Gasteiger charge is 2.36. The number of benzene rings is 3. The number of hydrogen-bond donors (Lipinski definition) is 0. The number of hydrogen-bond acceptors (Lipinski definition) is 5. The summed E-state index contributed by atoms with van der Waals surface area (Å²) in [6.45, 7) is 0.578. The number of ether oxygens (including phenoxy) is 1. The summed E-state index contributed by atoms with van der Waals surface area (Å²) in [6, 6.07) is 48.0. The van der Waals surface area contributed by atoms with Crippen LogP contribution in [0.1, 0.15) is 23.1 Å². The lowest BCUT2D eigenvalue weighted by atomic mass is 9.84. The number of rotatable bonds is 11. The van der Waals surface area contributed by atoms with Crippen molar-refractivity contribution in [3.63, 3.8) is 0 Å². The molecule has 0 amide bonds. The van der Waals surface area contributed by atoms with Gasteiger partial charge in [0.25, 0.3) is 0 Å². The van der Waals surface area contributed by atoms with E-state index in [9.17, 15) is 0 Å². The van der Waals surface area contributed by atoms with Gasteiger partial charge in [0, 0.05) is 24.5 Å². The zero-order chi connectivity index (χ0) is 28.5. The molecule has 3 heterocycles. The van der Waals surface area contributed by atoms with Gasteiger partial charge < -0.3 is 4.74 Å². The van der Waals surface area contributed by atoms with Crippen molar-refractivity contribution in [3.05, 3.63) is 169 Å². The molecule has 3 aromatic carbocycles. The minimum Gasteiger partial charge on any atom is -0.493 e. The molecule has 0 N–H and O–H groups in total. The van der Waals surface area contributed by atoms with E-state index in [2.05, 4.69) is 101 Å². The summed E-state index contributed by atoms with van der Waals surface area (Å²) in [4.78, 5) is 13.9. The first kappa shape index (κ1) is 27.4. The molecule has 0 radical (unpaired) electrons. The van der Waals surface area contributed by atoms with Gasteiger partial charge in [-0.05, 0) is 53.1 Å². The fraction of sp³-hybridized carbons (Fsp3) is 0.108. The van der Waals surface area contributed by atoms with Crippen molar-refractivity contribution in [1.29, 1.82) is 0 Å². The van der Waals surface area contributed by atoms with Crippen LogP contribution in [0.2, 0.25) is 0 Å². The molecular weight excluding hydrogens is 534 g/mol. The summed E-state index contributed by atoms with van der Waals surface area (Å²) in [5.41, 5.74) is 6.93. The van der Waals surface area contributed by atoms with E-state index >= 15 is 0 Å². The third-order valence-electron chi connectivity index (χ3n) is 7.07. The Morgan fingerprint density at radius 1 is 0.524 bits per heavy atom. The fourth-order valence-electron chi connectivity index (χ4n) is 5.12. The van der Waals surface area contributed by atoms with Crippen molar-refractivity contribution in [1.82, 2.24) is 15.0 Å². The van der Waals surface area contributed by atoms with Crippen molar-refractivity contribution >= 4 is 11.8 Å². The predicted molar refractivity (Wildman–Crippen MR) is 172 cm³/mol. The maximum Gasteiger partial charge on any atom is 0.123 e. The summed E-state index contributed by atoms with van der Waals surface area (Å²) >= 11 is 1.95. The van der Waals surface area contributed by atoms with Crippen LogP contribution in [0.25, 0.3) is 22.8 Å². The van der Waals surface area contributed by atoms with Gasteiger partial charge in [-0.1, -0.05) is 103 Å². The van der Waals surface area contributed by atoms with Gasteiger partial charge in [-0.2, -0.15) is 0 Å². The number of pyridine rings is 3. The van der Waals surface area contributed by atoms with E-state index in [0.29, 0.717) is 6.61 Å². The van der Waals surface area contributed by atoms with Crippen molar-refractivity contribution in [2.75, 3.05) is 12.4 Å². The van der Waals surface area contributed by atoms with E-state index in [-0.39, 0.29) is 4.75 Å². The van der Waals surface area contributed by atoms with E-state index in [1.807, 2.05) is 60.3 Å². The molecule has 206 valence electrons. The van der Waals surface area contributed by atoms with Gasteiger partial charge in [-0.3, -0.25) is 9.97 Å². The van der Waals surface area contributed by atoms with Gasteiger partial charge in [-0.25, -0.2) is 4.98 Å². The van der Waals surface area contributed by atoms with E-state index in [1.54, 1.807) is 12.4 Å². The molecule has 3 aromatic heterocycles. The van der Waals surface area contributed by atoms with Crippen LogP contribution in [0, 0.1) is 0 Å². The summed E-state index contributed by atoms with van der Waals surface area (Å²) in [5, 5.41) is 0. The molecular formula is C37H31N3OS. The molecule has 0 fully saturated rings. The highest BCUT2D eigenvalue weighted by Crippen LogP contribution is 2.48. The Morgan fingerprint density at radius 2 is 0.976 bits per heavy atom. The maximum absolute atomic E-state index is 6.35. The second kappa shape index (κ2) is 13.3. The van der Waals surface area contributed by atoms with Crippen molar-refractivity contribution in [3.8, 4) is 28.5 Å². The Hall–Kier alpha value is -4.74. The summed E-state index contributed by atoms with van der Waals surface area (Å²) in [5.74, 6) is 1.67. The van der Waals surface area contributed by atoms with Gasteiger partial charge in [-0.15, -0.1) is 11.8 Å². The lowest BCUT2D eigenvalue weighted by molar-refractivity contribution is 0.318. The van der Waals surface area contributed by atoms with Crippen molar-refractivity contribution in [2.24, 2.45) is 0 Å². The molecule has 42 heavy (non-hydrogen) atoms. The minimum absolute atomic E-state index is 0.335. The first-order valence-corrected chi connectivity index (χ1v) is 15.1. The van der Waals surface area contributed by atoms with Crippen LogP contribution in [-0.4, -0.2) is 27.3 Å². The van der Waals surface area contributed by atoms with Gasteiger partial charge in [0.15, 0.2) is 0 Å². The highest BCUT2D eigenvalue weighted by molar-refractivity contribution is 8.00. The molecule has 0 aliphatic rings. The van der Waals surface area contributed by atoms with E-state index in [1.165, 1.54) is 16.7 Å². The Kier molecular flexibility index (Phi) is 8.67. The molecule has 6 aromatic rings. The van der Waals surface area contributed by atoms with E-state index in [0.717, 1.165) is 40.7 Å². The molecule has 0 aliphatic heterocycles. The third kappa shape index (κ3) is 6.12. The van der Waals surface area contributed by atoms with Gasteiger partial charge in [0.1, 0.15) is 5.75 Å². The summed E-state index contributed by atoms with van der Waals surface area (Å²) < 4.78 is 6.02. The SMILES string of the molecule is c1ccc(C(SCCCOc2cc(-c3ccccn3)nc(-c3ccccn3)c2)(c2ccccc2)c2ccccc2)cc1. The first-order chi connectivity index (χ1) is 20.8. The number of aromatic nitrogens is 3. The van der Waals surface area contributed by atoms with Crippen LogP contribution >= 0.6 is 11.8 Å². The standard InChI is InChI=1S/C37H31N3OS/c1-4-15-29(16-5-1)37(30-17-6-2-7-18-30,31-19-8-3-9-20-31)42-26-14-25-41-32-27-35(33-21-10-12-23-38-33)40-36(28-32)34-22-11-13-24-39-34/h1-13,15-24,27-28H,14,25-26H2. The van der Waals surface area contributed by atoms with Crippen LogP contribution in [0.4, 0.5) is 0 Å². The molecule has 6 rings (SSSR count). The Labute approximate surface area is 251 Å². The molecule has 0 unspecified atom stereocenters. The lowest BCUT2D eigenvalue weighted by Crippen LogP contribution is -2.26. The Morgan fingerprint density at radius 3 is 1.40 bits per heavy atom. The largest absolute Gasteiger partial charge is 0.493 e. The average Bonchev–Trinajstić information content (AvgIpc) is 3.08. The molecule has 0 aliphatic carbocycles. The number of thioether (sulfide) groups is 1. The second-order valence-corrected chi connectivity index (χ2v) is 11.1. The number of nitrogens with zero attached hydrogens (tertiary/aromatic N) is 3. The molecule has 4 nitrogen and oxygen atoms in total. The van der Waals surface area contributed by atoms with Gasteiger partial charge in [0.05, 0.1) is 34.1 Å². The summed E-state index contributed by atoms with van der Waals surface area (Å²) in [6.07, 6.45) is 4.43. The molecule has 0 bridgehead atoms. The average molecular weight is 566 g/mol. The molecule has 0 spiro atoms. The van der Waals surface area contributed by atoms with Crippen LogP contribution in [0.15, 0.2) is 152 Å². The third-order valence-corrected chi connectivity index (χ3v) is 8.70. The second-order valence-electron chi connectivity index (χ2n) is 9.83. The quantitative estimate of drug-likeness (QED) is 0.116. The zero-order valence-electron chi connectivity index (χ0n) is 23.2. The van der Waals surface area contributed by atoms with Gasteiger partial charge in [0.2, 0.25) is 0 Å². The Bertz CT molecular complexity index is 1530. The zero-order valence-corrected chi connectivity index (χ0v) is 24.0. The molecule has 5 heteroatoms. The molecule has 0 saturated heterocycles. The maximum atomic E-state index is 6.35. The Balaban J connectivity index is 1.24. The first-order valence-electron chi connectivity index (χ1n) is 14.1. The van der Waals surface area contributed by atoms with E-state index < -0.39 is 0 Å². The normalized spacial score (nSPS) is 11.2. The van der Waals surface area contributed by atoms with Gasteiger partial charge >= 0.3 is 0 Å². The van der Waals surface area contributed by atoms with Crippen LogP contribution in [-0.2, 0) is 4.75 Å².